The minimum Gasteiger partial charge on any atom is -0.508 e. The number of ether oxygens (including phenoxy) is 1. The van der Waals surface area contributed by atoms with E-state index in [0.29, 0.717) is 0 Å². The van der Waals surface area contributed by atoms with E-state index >= 15 is 0 Å². The molecule has 0 aromatic carbocycles. The Labute approximate surface area is 127 Å². The van der Waals surface area contributed by atoms with E-state index in [1.807, 2.05) is 11.9 Å². The van der Waals surface area contributed by atoms with Gasteiger partial charge in [-0.2, -0.15) is 4.98 Å². The van der Waals surface area contributed by atoms with Crippen molar-refractivity contribution in [1.82, 2.24) is 14.5 Å². The summed E-state index contributed by atoms with van der Waals surface area (Å²) >= 11 is 0. The number of likely N-dealkylation sites (tertiary alicyclic amines) is 1. The standard InChI is InChI=1S/C14H20N4O4/c1-17-5-2-3-8(17)12(20)13-9(19)7-11(22-13)18-6-4-10(15)16-14(18)21/h4,6,9,11,13,19-20H,2-3,5,7H2,1H3,(H2,15,16,21)/t9-,11+,13-/m0/s1. The van der Waals surface area contributed by atoms with E-state index in [2.05, 4.69) is 4.98 Å². The Kier molecular flexibility index (Phi) is 3.79. The zero-order valence-electron chi connectivity index (χ0n) is 12.3. The number of hydrogen-bond acceptors (Lipinski definition) is 7. The van der Waals surface area contributed by atoms with E-state index in [1.54, 1.807) is 0 Å². The fraction of sp³-hybridized carbons (Fsp3) is 0.571. The summed E-state index contributed by atoms with van der Waals surface area (Å²) in [4.78, 5) is 17.4. The third-order valence-corrected chi connectivity index (χ3v) is 4.19. The first-order valence-electron chi connectivity index (χ1n) is 7.28. The maximum atomic E-state index is 11.8. The summed E-state index contributed by atoms with van der Waals surface area (Å²) in [7, 11) is 1.89. The molecule has 2 saturated heterocycles. The van der Waals surface area contributed by atoms with Gasteiger partial charge in [0, 0.05) is 26.2 Å². The van der Waals surface area contributed by atoms with Crippen LogP contribution in [0, 0.1) is 0 Å². The average Bonchev–Trinajstić information content (AvgIpc) is 3.04. The number of aliphatic hydroxyl groups excluding tert-OH is 2. The largest absolute Gasteiger partial charge is 0.508 e. The zero-order chi connectivity index (χ0) is 15.9. The van der Waals surface area contributed by atoms with Gasteiger partial charge in [0.05, 0.1) is 11.8 Å². The number of allylic oxidation sites excluding steroid dienone is 1. The van der Waals surface area contributed by atoms with Crippen molar-refractivity contribution in [3.8, 4) is 0 Å². The zero-order valence-corrected chi connectivity index (χ0v) is 12.3. The lowest BCUT2D eigenvalue weighted by molar-refractivity contribution is -0.0216. The van der Waals surface area contributed by atoms with E-state index in [1.165, 1.54) is 16.8 Å². The fourth-order valence-corrected chi connectivity index (χ4v) is 3.01. The smallest absolute Gasteiger partial charge is 0.351 e. The van der Waals surface area contributed by atoms with E-state index in [-0.39, 0.29) is 18.0 Å². The van der Waals surface area contributed by atoms with Gasteiger partial charge in [0.25, 0.3) is 0 Å². The first-order valence-corrected chi connectivity index (χ1v) is 7.28. The van der Waals surface area contributed by atoms with E-state index < -0.39 is 24.1 Å². The molecular formula is C14H20N4O4. The van der Waals surface area contributed by atoms with Crippen LogP contribution >= 0.6 is 0 Å². The van der Waals surface area contributed by atoms with Gasteiger partial charge in [-0.1, -0.05) is 0 Å². The molecule has 0 saturated carbocycles. The van der Waals surface area contributed by atoms with Crippen LogP contribution in [-0.2, 0) is 4.74 Å². The van der Waals surface area contributed by atoms with Crippen LogP contribution in [0.4, 0.5) is 5.82 Å². The molecule has 0 spiro atoms. The van der Waals surface area contributed by atoms with Crippen molar-refractivity contribution in [2.24, 2.45) is 0 Å². The second-order valence-corrected chi connectivity index (χ2v) is 5.71. The van der Waals surface area contributed by atoms with Crippen molar-refractivity contribution in [3.05, 3.63) is 34.2 Å². The van der Waals surface area contributed by atoms with Gasteiger partial charge in [0.15, 0.2) is 0 Å². The minimum absolute atomic E-state index is 0.0476. The molecule has 2 aliphatic rings. The number of rotatable bonds is 2. The normalized spacial score (nSPS) is 30.8. The Morgan fingerprint density at radius 3 is 2.95 bits per heavy atom. The molecule has 22 heavy (non-hydrogen) atoms. The van der Waals surface area contributed by atoms with Gasteiger partial charge in [-0.05, 0) is 18.9 Å². The van der Waals surface area contributed by atoms with Crippen LogP contribution in [0.2, 0.25) is 0 Å². The Morgan fingerprint density at radius 1 is 1.55 bits per heavy atom. The number of nitrogens with two attached hydrogens (primary N) is 1. The summed E-state index contributed by atoms with van der Waals surface area (Å²) in [5.74, 6) is 0.181. The molecule has 0 bridgehead atoms. The molecule has 0 radical (unpaired) electrons. The van der Waals surface area contributed by atoms with E-state index in [4.69, 9.17) is 10.5 Å². The third-order valence-electron chi connectivity index (χ3n) is 4.19. The van der Waals surface area contributed by atoms with Crippen LogP contribution in [-0.4, -0.2) is 50.5 Å². The highest BCUT2D eigenvalue weighted by Gasteiger charge is 2.40. The summed E-state index contributed by atoms with van der Waals surface area (Å²) in [6.45, 7) is 0.868. The summed E-state index contributed by atoms with van der Waals surface area (Å²) < 4.78 is 6.97. The van der Waals surface area contributed by atoms with E-state index in [9.17, 15) is 15.0 Å². The second kappa shape index (κ2) is 5.62. The van der Waals surface area contributed by atoms with Crippen LogP contribution in [0.3, 0.4) is 0 Å². The van der Waals surface area contributed by atoms with Gasteiger partial charge < -0.3 is 25.6 Å². The molecule has 0 aliphatic carbocycles. The highest BCUT2D eigenvalue weighted by molar-refractivity contribution is 5.23. The molecule has 3 rings (SSSR count). The highest BCUT2D eigenvalue weighted by atomic mass is 16.5. The van der Waals surface area contributed by atoms with E-state index in [0.717, 1.165) is 25.1 Å². The van der Waals surface area contributed by atoms with Crippen molar-refractivity contribution < 1.29 is 14.9 Å². The van der Waals surface area contributed by atoms with Crippen molar-refractivity contribution in [1.29, 1.82) is 0 Å². The lowest BCUT2D eigenvalue weighted by Gasteiger charge is -2.20. The molecule has 8 nitrogen and oxygen atoms in total. The maximum absolute atomic E-state index is 11.8. The number of anilines is 1. The number of nitrogens with zero attached hydrogens (tertiary/aromatic N) is 3. The number of aromatic nitrogens is 2. The van der Waals surface area contributed by atoms with Crippen LogP contribution in [0.15, 0.2) is 28.5 Å². The predicted molar refractivity (Wildman–Crippen MR) is 79.0 cm³/mol. The topological polar surface area (TPSA) is 114 Å². The highest BCUT2D eigenvalue weighted by Crippen LogP contribution is 2.34. The first-order chi connectivity index (χ1) is 10.5. The molecule has 2 aliphatic heterocycles. The summed E-state index contributed by atoms with van der Waals surface area (Å²) in [6, 6.07) is 1.49. The minimum atomic E-state index is -0.879. The van der Waals surface area contributed by atoms with Gasteiger partial charge in [-0.15, -0.1) is 0 Å². The Bertz CT molecular complexity index is 656. The summed E-state index contributed by atoms with van der Waals surface area (Å²) in [5.41, 5.74) is 5.71. The van der Waals surface area contributed by atoms with Crippen LogP contribution in [0.25, 0.3) is 0 Å². The van der Waals surface area contributed by atoms with Crippen LogP contribution in [0.5, 0.6) is 0 Å². The van der Waals surface area contributed by atoms with Crippen LogP contribution < -0.4 is 11.4 Å². The van der Waals surface area contributed by atoms with Gasteiger partial charge in [-0.25, -0.2) is 4.79 Å². The molecule has 4 N–H and O–H groups in total. The van der Waals surface area contributed by atoms with Crippen molar-refractivity contribution in [2.45, 2.75) is 37.7 Å². The first kappa shape index (κ1) is 14.9. The van der Waals surface area contributed by atoms with Crippen molar-refractivity contribution >= 4 is 5.82 Å². The molecule has 2 fully saturated rings. The van der Waals surface area contributed by atoms with Gasteiger partial charge >= 0.3 is 5.69 Å². The second-order valence-electron chi connectivity index (χ2n) is 5.71. The number of hydrogen-bond donors (Lipinski definition) is 3. The van der Waals surface area contributed by atoms with Gasteiger partial charge in [-0.3, -0.25) is 4.57 Å². The quantitative estimate of drug-likeness (QED) is 0.657. The molecule has 0 amide bonds. The lowest BCUT2D eigenvalue weighted by Crippen LogP contribution is -2.28. The summed E-state index contributed by atoms with van der Waals surface area (Å²) in [6.07, 6.45) is 1.02. The van der Waals surface area contributed by atoms with Crippen molar-refractivity contribution in [3.63, 3.8) is 0 Å². The van der Waals surface area contributed by atoms with Crippen molar-refractivity contribution in [2.75, 3.05) is 19.3 Å². The van der Waals surface area contributed by atoms with Gasteiger partial charge in [0.1, 0.15) is 23.9 Å². The fourth-order valence-electron chi connectivity index (χ4n) is 3.01. The SMILES string of the molecule is CN1CCCC1=C(O)[C@H]1O[C@@H](n2ccc(N)nc2=O)C[C@@H]1O. The molecule has 8 heteroatoms. The lowest BCUT2D eigenvalue weighted by atomic mass is 10.1. The Hall–Kier alpha value is -2.06. The Balaban J connectivity index is 1.84. The maximum Gasteiger partial charge on any atom is 0.351 e. The molecule has 0 unspecified atom stereocenters. The third kappa shape index (κ3) is 2.55. The Morgan fingerprint density at radius 2 is 2.32 bits per heavy atom. The molecule has 3 atom stereocenters. The number of aliphatic hydroxyl groups is 2. The molecule has 120 valence electrons. The molecule has 1 aromatic heterocycles. The monoisotopic (exact) mass is 308 g/mol. The van der Waals surface area contributed by atoms with Crippen LogP contribution in [0.1, 0.15) is 25.5 Å². The van der Waals surface area contributed by atoms with Gasteiger partial charge in [0.2, 0.25) is 0 Å². The molecule has 3 heterocycles. The number of nitrogen functional groups attached to an aromatic ring is 1. The molecule has 1 aromatic rings. The predicted octanol–water partition coefficient (Wildman–Crippen LogP) is -0.0309. The summed E-state index contributed by atoms with van der Waals surface area (Å²) in [5, 5.41) is 20.6. The molecular weight excluding hydrogens is 288 g/mol. The average molecular weight is 308 g/mol.